The summed E-state index contributed by atoms with van der Waals surface area (Å²) in [5.41, 5.74) is 5.33. The molecule has 0 aliphatic carbocycles. The third-order valence-electron chi connectivity index (χ3n) is 1.11. The zero-order valence-corrected chi connectivity index (χ0v) is 9.03. The molecule has 0 heterocycles. The SMILES string of the molecule is NC(=S)Sc1ccc(Cl)c(Cl)c1. The van der Waals surface area contributed by atoms with E-state index in [0.717, 1.165) is 4.90 Å². The Morgan fingerprint density at radius 1 is 1.33 bits per heavy atom. The molecule has 64 valence electrons. The first-order chi connectivity index (χ1) is 5.59. The van der Waals surface area contributed by atoms with Gasteiger partial charge < -0.3 is 5.73 Å². The average Bonchev–Trinajstić information content (AvgIpc) is 1.96. The largest absolute Gasteiger partial charge is 0.384 e. The Hall–Kier alpha value is 0.0400. The van der Waals surface area contributed by atoms with E-state index in [4.69, 9.17) is 41.2 Å². The van der Waals surface area contributed by atoms with E-state index in [-0.39, 0.29) is 0 Å². The number of hydrogen-bond donors (Lipinski definition) is 1. The van der Waals surface area contributed by atoms with E-state index < -0.39 is 0 Å². The van der Waals surface area contributed by atoms with Crippen molar-refractivity contribution in [2.75, 3.05) is 0 Å². The second-order valence-corrected chi connectivity index (χ2v) is 4.63. The summed E-state index contributed by atoms with van der Waals surface area (Å²) < 4.78 is 0.369. The number of halogens is 2. The maximum absolute atomic E-state index is 5.77. The van der Waals surface area contributed by atoms with Crippen molar-refractivity contribution in [3.8, 4) is 0 Å². The number of nitrogens with two attached hydrogens (primary N) is 1. The molecule has 0 spiro atoms. The van der Waals surface area contributed by atoms with Gasteiger partial charge in [0.2, 0.25) is 0 Å². The highest BCUT2D eigenvalue weighted by Gasteiger charge is 2.00. The predicted octanol–water partition coefficient (Wildman–Crippen LogP) is 3.33. The van der Waals surface area contributed by atoms with Crippen LogP contribution in [-0.2, 0) is 0 Å². The van der Waals surface area contributed by atoms with Crippen LogP contribution in [0.3, 0.4) is 0 Å². The number of hydrogen-bond acceptors (Lipinski definition) is 2. The summed E-state index contributed by atoms with van der Waals surface area (Å²) in [5.74, 6) is 0. The first kappa shape index (κ1) is 10.1. The van der Waals surface area contributed by atoms with Gasteiger partial charge in [0, 0.05) is 4.90 Å². The molecule has 0 saturated heterocycles. The Balaban J connectivity index is 2.89. The Morgan fingerprint density at radius 3 is 2.50 bits per heavy atom. The molecule has 0 aliphatic rings. The Bertz CT molecular complexity index is 314. The van der Waals surface area contributed by atoms with Gasteiger partial charge in [0.15, 0.2) is 0 Å². The minimum absolute atomic E-state index is 0.369. The van der Waals surface area contributed by atoms with E-state index >= 15 is 0 Å². The molecule has 0 fully saturated rings. The number of rotatable bonds is 1. The fourth-order valence-corrected chi connectivity index (χ4v) is 1.85. The maximum atomic E-state index is 5.77. The van der Waals surface area contributed by atoms with Crippen molar-refractivity contribution in [2.45, 2.75) is 4.90 Å². The molecule has 0 amide bonds. The van der Waals surface area contributed by atoms with Crippen molar-refractivity contribution in [3.63, 3.8) is 0 Å². The molecule has 0 unspecified atom stereocenters. The lowest BCUT2D eigenvalue weighted by atomic mass is 10.4. The van der Waals surface area contributed by atoms with Crippen molar-refractivity contribution in [3.05, 3.63) is 28.2 Å². The fraction of sp³-hybridized carbons (Fsp3) is 0. The number of thioether (sulfide) groups is 1. The molecule has 0 saturated carbocycles. The molecule has 5 heteroatoms. The van der Waals surface area contributed by atoms with Crippen LogP contribution in [-0.4, -0.2) is 4.32 Å². The second-order valence-electron chi connectivity index (χ2n) is 2.00. The summed E-state index contributed by atoms with van der Waals surface area (Å²) >= 11 is 17.5. The van der Waals surface area contributed by atoms with E-state index in [1.807, 2.05) is 6.07 Å². The average molecular weight is 238 g/mol. The third-order valence-corrected chi connectivity index (χ3v) is 2.79. The van der Waals surface area contributed by atoms with Crippen LogP contribution in [0.15, 0.2) is 23.1 Å². The van der Waals surface area contributed by atoms with Crippen LogP contribution in [0.4, 0.5) is 0 Å². The van der Waals surface area contributed by atoms with Crippen molar-refractivity contribution in [1.29, 1.82) is 0 Å². The van der Waals surface area contributed by atoms with E-state index in [2.05, 4.69) is 0 Å². The molecule has 0 bridgehead atoms. The van der Waals surface area contributed by atoms with Crippen LogP contribution in [0.1, 0.15) is 0 Å². The van der Waals surface area contributed by atoms with Crippen molar-refractivity contribution in [2.24, 2.45) is 5.73 Å². The lowest BCUT2D eigenvalue weighted by Gasteiger charge is -2.00. The van der Waals surface area contributed by atoms with Crippen molar-refractivity contribution >= 4 is 51.5 Å². The van der Waals surface area contributed by atoms with Gasteiger partial charge in [-0.25, -0.2) is 0 Å². The smallest absolute Gasteiger partial charge is 0.135 e. The van der Waals surface area contributed by atoms with Crippen LogP contribution in [0, 0.1) is 0 Å². The van der Waals surface area contributed by atoms with Gasteiger partial charge in [-0.3, -0.25) is 0 Å². The highest BCUT2D eigenvalue weighted by atomic mass is 35.5. The molecule has 1 aromatic rings. The molecular formula is C7H5Cl2NS2. The first-order valence-corrected chi connectivity index (χ1v) is 5.00. The molecule has 12 heavy (non-hydrogen) atoms. The van der Waals surface area contributed by atoms with Crippen LogP contribution in [0.25, 0.3) is 0 Å². The van der Waals surface area contributed by atoms with Gasteiger partial charge in [-0.2, -0.15) is 0 Å². The Kier molecular flexibility index (Phi) is 3.65. The highest BCUT2D eigenvalue weighted by molar-refractivity contribution is 8.22. The summed E-state index contributed by atoms with van der Waals surface area (Å²) in [4.78, 5) is 0.900. The van der Waals surface area contributed by atoms with E-state index in [9.17, 15) is 0 Å². The normalized spacial score (nSPS) is 9.83. The third kappa shape index (κ3) is 2.83. The number of thiocarbonyl (C=S) groups is 1. The van der Waals surface area contributed by atoms with Gasteiger partial charge in [0.05, 0.1) is 10.0 Å². The van der Waals surface area contributed by atoms with Gasteiger partial charge >= 0.3 is 0 Å². The summed E-state index contributed by atoms with van der Waals surface area (Å²) in [6.07, 6.45) is 0. The minimum atomic E-state index is 0.369. The van der Waals surface area contributed by atoms with Crippen molar-refractivity contribution in [1.82, 2.24) is 0 Å². The molecule has 1 aromatic carbocycles. The van der Waals surface area contributed by atoms with Gasteiger partial charge in [-0.1, -0.05) is 47.2 Å². The van der Waals surface area contributed by atoms with Gasteiger partial charge in [0.25, 0.3) is 0 Å². The lowest BCUT2D eigenvalue weighted by Crippen LogP contribution is -2.00. The van der Waals surface area contributed by atoms with E-state index in [1.165, 1.54) is 11.8 Å². The number of benzene rings is 1. The molecule has 1 rings (SSSR count). The van der Waals surface area contributed by atoms with Crippen LogP contribution in [0.2, 0.25) is 10.0 Å². The zero-order chi connectivity index (χ0) is 9.14. The maximum Gasteiger partial charge on any atom is 0.135 e. The standard InChI is InChI=1S/C7H5Cl2NS2/c8-5-2-1-4(3-6(5)9)12-7(10)11/h1-3H,(H2,10,11). The first-order valence-electron chi connectivity index (χ1n) is 3.02. The highest BCUT2D eigenvalue weighted by Crippen LogP contribution is 2.27. The minimum Gasteiger partial charge on any atom is -0.384 e. The van der Waals surface area contributed by atoms with E-state index in [0.29, 0.717) is 14.4 Å². The molecule has 1 nitrogen and oxygen atoms in total. The van der Waals surface area contributed by atoms with E-state index in [1.54, 1.807) is 12.1 Å². The molecule has 0 aromatic heterocycles. The Labute approximate surface area is 90.2 Å². The van der Waals surface area contributed by atoms with Crippen molar-refractivity contribution < 1.29 is 0 Å². The fourth-order valence-electron chi connectivity index (χ4n) is 0.656. The topological polar surface area (TPSA) is 26.0 Å². The summed E-state index contributed by atoms with van der Waals surface area (Å²) in [7, 11) is 0. The molecular weight excluding hydrogens is 233 g/mol. The molecule has 0 atom stereocenters. The molecule has 0 radical (unpaired) electrons. The lowest BCUT2D eigenvalue weighted by molar-refractivity contribution is 1.47. The predicted molar refractivity (Wildman–Crippen MR) is 59.1 cm³/mol. The monoisotopic (exact) mass is 237 g/mol. The second kappa shape index (κ2) is 4.33. The zero-order valence-electron chi connectivity index (χ0n) is 5.88. The van der Waals surface area contributed by atoms with Gasteiger partial charge in [0.1, 0.15) is 4.32 Å². The summed E-state index contributed by atoms with van der Waals surface area (Å²) in [6.45, 7) is 0. The van der Waals surface area contributed by atoms with Crippen LogP contribution in [0.5, 0.6) is 0 Å². The molecule has 0 aliphatic heterocycles. The van der Waals surface area contributed by atoms with Gasteiger partial charge in [-0.15, -0.1) is 0 Å². The molecule has 2 N–H and O–H groups in total. The summed E-state index contributed by atoms with van der Waals surface area (Å²) in [5, 5.41) is 1.04. The van der Waals surface area contributed by atoms with Crippen LogP contribution >= 0.6 is 47.2 Å². The quantitative estimate of drug-likeness (QED) is 0.600. The van der Waals surface area contributed by atoms with Gasteiger partial charge in [-0.05, 0) is 18.2 Å². The summed E-state index contributed by atoms with van der Waals surface area (Å²) in [6, 6.07) is 5.26. The Morgan fingerprint density at radius 2 is 2.00 bits per heavy atom. The van der Waals surface area contributed by atoms with Crippen LogP contribution < -0.4 is 5.73 Å².